The predicted molar refractivity (Wildman–Crippen MR) is 114 cm³/mol. The van der Waals surface area contributed by atoms with E-state index in [0.717, 1.165) is 4.57 Å². The largest absolute Gasteiger partial charge is 0.494 e. The van der Waals surface area contributed by atoms with Gasteiger partial charge in [0.05, 0.1) is 41.0 Å². The molecule has 162 valence electrons. The molecule has 1 aromatic carbocycles. The van der Waals surface area contributed by atoms with Gasteiger partial charge in [0.25, 0.3) is 5.56 Å². The Balaban J connectivity index is 2.13. The number of para-hydroxylation sites is 1. The molecule has 1 fully saturated rings. The summed E-state index contributed by atoms with van der Waals surface area (Å²) < 4.78 is 29.7. The quantitative estimate of drug-likeness (QED) is 0.551. The first-order valence-corrected chi connectivity index (χ1v) is 11.4. The minimum Gasteiger partial charge on any atom is -0.494 e. The molecule has 1 saturated heterocycles. The molecule has 2 aromatic rings. The van der Waals surface area contributed by atoms with Crippen LogP contribution < -0.4 is 5.56 Å². The van der Waals surface area contributed by atoms with Crippen LogP contribution in [-0.2, 0) is 14.6 Å². The van der Waals surface area contributed by atoms with Crippen LogP contribution in [-0.4, -0.2) is 48.4 Å². The van der Waals surface area contributed by atoms with Crippen LogP contribution in [0.15, 0.2) is 34.1 Å². The van der Waals surface area contributed by atoms with Crippen molar-refractivity contribution < 1.29 is 23.1 Å². The van der Waals surface area contributed by atoms with Gasteiger partial charge in [0.1, 0.15) is 11.6 Å². The van der Waals surface area contributed by atoms with E-state index in [-0.39, 0.29) is 52.5 Å². The summed E-state index contributed by atoms with van der Waals surface area (Å²) in [6.07, 6.45) is 1.41. The van der Waals surface area contributed by atoms with E-state index in [1.54, 1.807) is 31.2 Å². The van der Waals surface area contributed by atoms with Crippen molar-refractivity contribution in [3.05, 3.63) is 56.9 Å². The second kappa shape index (κ2) is 8.73. The van der Waals surface area contributed by atoms with Crippen molar-refractivity contribution >= 4 is 27.7 Å². The Morgan fingerprint density at radius 1 is 1.42 bits per heavy atom. The number of hydrogen-bond donors (Lipinski definition) is 1. The van der Waals surface area contributed by atoms with Crippen LogP contribution in [0.3, 0.4) is 0 Å². The van der Waals surface area contributed by atoms with Crippen LogP contribution in [0.25, 0.3) is 0 Å². The highest BCUT2D eigenvalue weighted by molar-refractivity contribution is 7.91. The van der Waals surface area contributed by atoms with Crippen molar-refractivity contribution in [1.82, 2.24) is 4.57 Å². The number of aromatic nitrogens is 1. The Kier molecular flexibility index (Phi) is 6.27. The summed E-state index contributed by atoms with van der Waals surface area (Å²) in [4.78, 5) is 29.2. The summed E-state index contributed by atoms with van der Waals surface area (Å²) in [5.41, 5.74) is -0.155. The zero-order chi connectivity index (χ0) is 22.8. The molecule has 0 bridgehead atoms. The van der Waals surface area contributed by atoms with Crippen LogP contribution in [0.4, 0.5) is 5.69 Å². The predicted octanol–water partition coefficient (Wildman–Crippen LogP) is 2.02. The van der Waals surface area contributed by atoms with E-state index in [1.165, 1.54) is 13.1 Å². The fraction of sp³-hybridized carbons (Fsp3) is 0.333. The lowest BCUT2D eigenvalue weighted by Crippen LogP contribution is -2.29. The standard InChI is InChI=1S/C21H21N3O6S/c1-3-30-21(27)15-6-4-5-7-18(15)23-11-17-13(2)16(10-22)19(25)24(20(17)26)14-8-9-31(28,29)12-14/h4-7,11,14,26H,3,8-9,12H2,1-2H3/t14-/m0/s1. The van der Waals surface area contributed by atoms with Crippen molar-refractivity contribution in [3.8, 4) is 11.9 Å². The van der Waals surface area contributed by atoms with Gasteiger partial charge in [-0.15, -0.1) is 0 Å². The lowest BCUT2D eigenvalue weighted by atomic mass is 10.0. The van der Waals surface area contributed by atoms with E-state index in [2.05, 4.69) is 4.99 Å². The maximum atomic E-state index is 12.8. The highest BCUT2D eigenvalue weighted by atomic mass is 32.2. The molecule has 1 atom stereocenters. The molecule has 10 heteroatoms. The molecule has 1 N–H and O–H groups in total. The van der Waals surface area contributed by atoms with E-state index in [1.807, 2.05) is 6.07 Å². The van der Waals surface area contributed by atoms with Crippen molar-refractivity contribution in [2.75, 3.05) is 18.1 Å². The summed E-state index contributed by atoms with van der Waals surface area (Å²) >= 11 is 0. The lowest BCUT2D eigenvalue weighted by Gasteiger charge is -2.18. The number of carbonyl (C=O) groups excluding carboxylic acids is 1. The number of nitrogens with zero attached hydrogens (tertiary/aromatic N) is 3. The number of benzene rings is 1. The van der Waals surface area contributed by atoms with Gasteiger partial charge in [-0.1, -0.05) is 12.1 Å². The fourth-order valence-electron chi connectivity index (χ4n) is 3.51. The van der Waals surface area contributed by atoms with E-state index >= 15 is 0 Å². The highest BCUT2D eigenvalue weighted by Crippen LogP contribution is 2.30. The van der Waals surface area contributed by atoms with Gasteiger partial charge < -0.3 is 9.84 Å². The number of carbonyl (C=O) groups is 1. The molecule has 0 unspecified atom stereocenters. The Bertz CT molecular complexity index is 1270. The first-order chi connectivity index (χ1) is 14.7. The van der Waals surface area contributed by atoms with Gasteiger partial charge in [-0.2, -0.15) is 5.26 Å². The average molecular weight is 443 g/mol. The molecule has 0 radical (unpaired) electrons. The number of sulfone groups is 1. The molecular weight excluding hydrogens is 422 g/mol. The SMILES string of the molecule is CCOC(=O)c1ccccc1N=Cc1c(C)c(C#N)c(=O)n([C@H]2CCS(=O)(=O)C2)c1O. The zero-order valence-electron chi connectivity index (χ0n) is 17.0. The molecule has 0 saturated carbocycles. The number of nitriles is 1. The summed E-state index contributed by atoms with van der Waals surface area (Å²) in [7, 11) is -3.33. The molecule has 2 heterocycles. The number of hydrogen-bond acceptors (Lipinski definition) is 8. The van der Waals surface area contributed by atoms with Gasteiger partial charge in [0.2, 0.25) is 5.88 Å². The Labute approximate surface area is 179 Å². The number of rotatable bonds is 5. The first-order valence-electron chi connectivity index (χ1n) is 9.59. The number of ether oxygens (including phenoxy) is 1. The molecule has 0 spiro atoms. The van der Waals surface area contributed by atoms with E-state index in [9.17, 15) is 28.4 Å². The van der Waals surface area contributed by atoms with Crippen molar-refractivity contribution in [2.24, 2.45) is 4.99 Å². The molecule has 0 aliphatic carbocycles. The van der Waals surface area contributed by atoms with Gasteiger partial charge in [0.15, 0.2) is 9.84 Å². The summed E-state index contributed by atoms with van der Waals surface area (Å²) in [6.45, 7) is 3.37. The Morgan fingerprint density at radius 2 is 2.13 bits per heavy atom. The fourth-order valence-corrected chi connectivity index (χ4v) is 5.21. The summed E-state index contributed by atoms with van der Waals surface area (Å²) in [5.74, 6) is -1.43. The van der Waals surface area contributed by atoms with Gasteiger partial charge in [-0.25, -0.2) is 13.2 Å². The third kappa shape index (κ3) is 4.36. The second-order valence-corrected chi connectivity index (χ2v) is 9.31. The summed E-state index contributed by atoms with van der Waals surface area (Å²) in [5, 5.41) is 20.3. The van der Waals surface area contributed by atoms with Gasteiger partial charge in [-0.3, -0.25) is 14.4 Å². The first kappa shape index (κ1) is 22.2. The molecule has 1 aliphatic rings. The molecule has 1 aromatic heterocycles. The topological polar surface area (TPSA) is 139 Å². The van der Waals surface area contributed by atoms with Gasteiger partial charge in [-0.05, 0) is 38.0 Å². The maximum Gasteiger partial charge on any atom is 0.340 e. The van der Waals surface area contributed by atoms with Crippen LogP contribution in [0.1, 0.15) is 46.4 Å². The molecule has 1 aliphatic heterocycles. The van der Waals surface area contributed by atoms with Crippen molar-refractivity contribution in [1.29, 1.82) is 5.26 Å². The van der Waals surface area contributed by atoms with Crippen molar-refractivity contribution in [2.45, 2.75) is 26.3 Å². The van der Waals surface area contributed by atoms with Crippen LogP contribution in [0, 0.1) is 18.3 Å². The third-order valence-electron chi connectivity index (χ3n) is 5.10. The number of esters is 1. The van der Waals surface area contributed by atoms with Gasteiger partial charge in [0, 0.05) is 6.21 Å². The lowest BCUT2D eigenvalue weighted by molar-refractivity contribution is 0.0527. The molecular formula is C21H21N3O6S. The second-order valence-electron chi connectivity index (χ2n) is 7.08. The summed E-state index contributed by atoms with van der Waals surface area (Å²) in [6, 6.07) is 7.51. The van der Waals surface area contributed by atoms with Crippen LogP contribution in [0.2, 0.25) is 0 Å². The minimum absolute atomic E-state index is 0.0964. The van der Waals surface area contributed by atoms with Crippen LogP contribution in [0.5, 0.6) is 5.88 Å². The smallest absolute Gasteiger partial charge is 0.340 e. The average Bonchev–Trinajstić information content (AvgIpc) is 3.08. The minimum atomic E-state index is -3.33. The number of aliphatic imine (C=N–C) groups is 1. The van der Waals surface area contributed by atoms with Gasteiger partial charge >= 0.3 is 5.97 Å². The third-order valence-corrected chi connectivity index (χ3v) is 6.85. The number of pyridine rings is 1. The Morgan fingerprint density at radius 3 is 2.74 bits per heavy atom. The highest BCUT2D eigenvalue weighted by Gasteiger charge is 2.33. The zero-order valence-corrected chi connectivity index (χ0v) is 17.8. The maximum absolute atomic E-state index is 12.8. The molecule has 31 heavy (non-hydrogen) atoms. The molecule has 3 rings (SSSR count). The monoisotopic (exact) mass is 443 g/mol. The Hall–Kier alpha value is -3.45. The van der Waals surface area contributed by atoms with E-state index in [4.69, 9.17) is 4.74 Å². The molecule has 9 nitrogen and oxygen atoms in total. The van der Waals surface area contributed by atoms with E-state index in [0.29, 0.717) is 0 Å². The van der Waals surface area contributed by atoms with E-state index < -0.39 is 33.3 Å². The van der Waals surface area contributed by atoms with Crippen LogP contribution >= 0.6 is 0 Å². The molecule has 0 amide bonds. The number of aromatic hydroxyl groups is 1. The normalized spacial score (nSPS) is 17.5. The van der Waals surface area contributed by atoms with Crippen molar-refractivity contribution in [3.63, 3.8) is 0 Å².